The quantitative estimate of drug-likeness (QED) is 0.926. The summed E-state index contributed by atoms with van der Waals surface area (Å²) in [7, 11) is 0. The molecule has 1 aromatic rings. The third-order valence-corrected chi connectivity index (χ3v) is 4.10. The molecule has 1 saturated heterocycles. The lowest BCUT2D eigenvalue weighted by Gasteiger charge is -2.37. The molecule has 6 heteroatoms. The van der Waals surface area contributed by atoms with Crippen molar-refractivity contribution >= 4 is 29.1 Å². The predicted molar refractivity (Wildman–Crippen MR) is 87.1 cm³/mol. The first kappa shape index (κ1) is 16.6. The van der Waals surface area contributed by atoms with Gasteiger partial charge in [0.1, 0.15) is 0 Å². The Morgan fingerprint density at radius 2 is 1.71 bits per heavy atom. The number of amides is 1. The first-order valence-corrected chi connectivity index (χ1v) is 7.78. The molecule has 116 valence electrons. The van der Waals surface area contributed by atoms with Gasteiger partial charge in [-0.05, 0) is 26.0 Å². The summed E-state index contributed by atoms with van der Waals surface area (Å²) in [6.07, 6.45) is 0. The van der Waals surface area contributed by atoms with E-state index < -0.39 is 0 Å². The number of benzene rings is 1. The lowest BCUT2D eigenvalue weighted by Crippen LogP contribution is -2.54. The van der Waals surface area contributed by atoms with Crippen molar-refractivity contribution in [1.82, 2.24) is 9.80 Å². The number of hydrogen-bond donors (Lipinski definition) is 1. The van der Waals surface area contributed by atoms with Gasteiger partial charge in [0, 0.05) is 38.3 Å². The van der Waals surface area contributed by atoms with Gasteiger partial charge < -0.3 is 10.6 Å². The van der Waals surface area contributed by atoms with Crippen LogP contribution in [0.3, 0.4) is 0 Å². The van der Waals surface area contributed by atoms with Crippen LogP contribution in [0.4, 0.5) is 0 Å². The van der Waals surface area contributed by atoms with Crippen molar-refractivity contribution in [2.45, 2.75) is 19.4 Å². The molecule has 1 fully saturated rings. The zero-order chi connectivity index (χ0) is 15.6. The fourth-order valence-corrected chi connectivity index (χ4v) is 3.10. The summed E-state index contributed by atoms with van der Waals surface area (Å²) in [5.74, 6) is -0.0998. The standard InChI is InChI=1S/C15H21Cl2N3O/c1-15(2,18)10-19-6-8-20(9-7-19)14(21)13-11(16)4-3-5-12(13)17/h3-5H,6-10,18H2,1-2H3. The van der Waals surface area contributed by atoms with Crippen molar-refractivity contribution in [3.8, 4) is 0 Å². The topological polar surface area (TPSA) is 49.6 Å². The highest BCUT2D eigenvalue weighted by atomic mass is 35.5. The Morgan fingerprint density at radius 3 is 2.19 bits per heavy atom. The second-order valence-corrected chi connectivity index (χ2v) is 6.97. The van der Waals surface area contributed by atoms with Crippen LogP contribution in [0.2, 0.25) is 10.0 Å². The van der Waals surface area contributed by atoms with Gasteiger partial charge in [-0.2, -0.15) is 0 Å². The Balaban J connectivity index is 2.01. The number of carbonyl (C=O) groups excluding carboxylic acids is 1. The summed E-state index contributed by atoms with van der Waals surface area (Å²) in [5, 5.41) is 0.802. The largest absolute Gasteiger partial charge is 0.336 e. The van der Waals surface area contributed by atoms with E-state index in [0.29, 0.717) is 28.7 Å². The SMILES string of the molecule is CC(C)(N)CN1CCN(C(=O)c2c(Cl)cccc2Cl)CC1. The maximum absolute atomic E-state index is 12.5. The maximum Gasteiger partial charge on any atom is 0.256 e. The smallest absolute Gasteiger partial charge is 0.256 e. The van der Waals surface area contributed by atoms with Crippen LogP contribution in [-0.4, -0.2) is 54.0 Å². The minimum absolute atomic E-state index is 0.0998. The summed E-state index contributed by atoms with van der Waals surface area (Å²) in [6, 6.07) is 5.12. The molecular formula is C15H21Cl2N3O. The van der Waals surface area contributed by atoms with Gasteiger partial charge in [0.2, 0.25) is 0 Å². The molecule has 0 spiro atoms. The van der Waals surface area contributed by atoms with Gasteiger partial charge in [-0.15, -0.1) is 0 Å². The zero-order valence-electron chi connectivity index (χ0n) is 12.4. The molecule has 1 amide bonds. The van der Waals surface area contributed by atoms with Crippen LogP contribution in [0, 0.1) is 0 Å². The summed E-state index contributed by atoms with van der Waals surface area (Å²) in [4.78, 5) is 16.6. The number of piperazine rings is 1. The summed E-state index contributed by atoms with van der Waals surface area (Å²) in [5.41, 5.74) is 6.21. The summed E-state index contributed by atoms with van der Waals surface area (Å²) < 4.78 is 0. The summed E-state index contributed by atoms with van der Waals surface area (Å²) >= 11 is 12.2. The van der Waals surface area contributed by atoms with Gasteiger partial charge in [-0.25, -0.2) is 0 Å². The van der Waals surface area contributed by atoms with E-state index in [1.807, 2.05) is 13.8 Å². The molecule has 0 aromatic heterocycles. The second kappa shape index (κ2) is 6.53. The predicted octanol–water partition coefficient (Wildman–Crippen LogP) is 2.49. The van der Waals surface area contributed by atoms with E-state index in [0.717, 1.165) is 19.6 Å². The average molecular weight is 330 g/mol. The van der Waals surface area contributed by atoms with Crippen LogP contribution >= 0.6 is 23.2 Å². The molecule has 2 rings (SSSR count). The van der Waals surface area contributed by atoms with Gasteiger partial charge in [-0.1, -0.05) is 29.3 Å². The molecule has 21 heavy (non-hydrogen) atoms. The van der Waals surface area contributed by atoms with E-state index in [4.69, 9.17) is 28.9 Å². The molecule has 1 aliphatic rings. The molecule has 0 saturated carbocycles. The second-order valence-electron chi connectivity index (χ2n) is 6.15. The monoisotopic (exact) mass is 329 g/mol. The van der Waals surface area contributed by atoms with Crippen LogP contribution in [-0.2, 0) is 0 Å². The lowest BCUT2D eigenvalue weighted by atomic mass is 10.1. The highest BCUT2D eigenvalue weighted by Gasteiger charge is 2.26. The van der Waals surface area contributed by atoms with E-state index in [9.17, 15) is 4.79 Å². The minimum atomic E-state index is -0.224. The molecule has 1 aromatic carbocycles. The van der Waals surface area contributed by atoms with Crippen molar-refractivity contribution in [1.29, 1.82) is 0 Å². The Morgan fingerprint density at radius 1 is 1.19 bits per heavy atom. The van der Waals surface area contributed by atoms with E-state index in [-0.39, 0.29) is 11.4 Å². The van der Waals surface area contributed by atoms with Gasteiger partial charge >= 0.3 is 0 Å². The average Bonchev–Trinajstić information content (AvgIpc) is 2.37. The van der Waals surface area contributed by atoms with Crippen molar-refractivity contribution in [3.05, 3.63) is 33.8 Å². The zero-order valence-corrected chi connectivity index (χ0v) is 13.9. The molecule has 4 nitrogen and oxygen atoms in total. The molecule has 2 N–H and O–H groups in total. The highest BCUT2D eigenvalue weighted by Crippen LogP contribution is 2.26. The van der Waals surface area contributed by atoms with Crippen LogP contribution in [0.15, 0.2) is 18.2 Å². The number of hydrogen-bond acceptors (Lipinski definition) is 3. The Bertz CT molecular complexity index is 500. The van der Waals surface area contributed by atoms with Crippen molar-refractivity contribution in [3.63, 3.8) is 0 Å². The molecule has 1 heterocycles. The van der Waals surface area contributed by atoms with E-state index in [1.54, 1.807) is 23.1 Å². The minimum Gasteiger partial charge on any atom is -0.336 e. The molecule has 0 unspecified atom stereocenters. The van der Waals surface area contributed by atoms with Crippen molar-refractivity contribution in [2.24, 2.45) is 5.73 Å². The molecule has 0 atom stereocenters. The Hall–Kier alpha value is -0.810. The Labute approximate surface area is 135 Å². The molecule has 1 aliphatic heterocycles. The van der Waals surface area contributed by atoms with Crippen LogP contribution in [0.1, 0.15) is 24.2 Å². The fourth-order valence-electron chi connectivity index (χ4n) is 2.55. The van der Waals surface area contributed by atoms with Crippen LogP contribution in [0.5, 0.6) is 0 Å². The fraction of sp³-hybridized carbons (Fsp3) is 0.533. The number of nitrogens with two attached hydrogens (primary N) is 1. The lowest BCUT2D eigenvalue weighted by molar-refractivity contribution is 0.0616. The summed E-state index contributed by atoms with van der Waals surface area (Å²) in [6.45, 7) is 7.79. The Kier molecular flexibility index (Phi) is 5.15. The molecular weight excluding hydrogens is 309 g/mol. The third kappa shape index (κ3) is 4.33. The van der Waals surface area contributed by atoms with Gasteiger partial charge in [0.05, 0.1) is 15.6 Å². The van der Waals surface area contributed by atoms with Crippen molar-refractivity contribution < 1.29 is 4.79 Å². The van der Waals surface area contributed by atoms with Crippen LogP contribution < -0.4 is 5.73 Å². The number of nitrogens with zero attached hydrogens (tertiary/aromatic N) is 2. The van der Waals surface area contributed by atoms with Gasteiger partial charge in [-0.3, -0.25) is 9.69 Å². The number of carbonyl (C=O) groups is 1. The maximum atomic E-state index is 12.5. The molecule has 0 aliphatic carbocycles. The van der Waals surface area contributed by atoms with Crippen molar-refractivity contribution in [2.75, 3.05) is 32.7 Å². The third-order valence-electron chi connectivity index (χ3n) is 3.47. The van der Waals surface area contributed by atoms with E-state index >= 15 is 0 Å². The van der Waals surface area contributed by atoms with E-state index in [2.05, 4.69) is 4.90 Å². The number of halogens is 2. The normalized spacial score (nSPS) is 17.1. The molecule has 0 bridgehead atoms. The van der Waals surface area contributed by atoms with Crippen LogP contribution in [0.25, 0.3) is 0 Å². The number of rotatable bonds is 3. The molecule has 0 radical (unpaired) electrons. The van der Waals surface area contributed by atoms with E-state index in [1.165, 1.54) is 0 Å². The first-order valence-electron chi connectivity index (χ1n) is 7.02. The highest BCUT2D eigenvalue weighted by molar-refractivity contribution is 6.39. The van der Waals surface area contributed by atoms with Gasteiger partial charge in [0.25, 0.3) is 5.91 Å². The van der Waals surface area contributed by atoms with Gasteiger partial charge in [0.15, 0.2) is 0 Å². The first-order chi connectivity index (χ1) is 9.78.